The maximum absolute atomic E-state index is 12.4. The lowest BCUT2D eigenvalue weighted by Gasteiger charge is -2.48. The first-order valence-electron chi connectivity index (χ1n) is 8.41. The van der Waals surface area contributed by atoms with Gasteiger partial charge >= 0.3 is 0 Å². The predicted octanol–water partition coefficient (Wildman–Crippen LogP) is 2.20. The molecule has 2 fully saturated rings. The zero-order chi connectivity index (χ0) is 15.7. The minimum Gasteiger partial charge on any atom is -0.311 e. The highest BCUT2D eigenvalue weighted by atomic mass is 32.2. The van der Waals surface area contributed by atoms with E-state index in [0.29, 0.717) is 12.6 Å². The third-order valence-corrected chi connectivity index (χ3v) is 8.01. The fourth-order valence-corrected chi connectivity index (χ4v) is 4.71. The van der Waals surface area contributed by atoms with Crippen molar-refractivity contribution < 1.29 is 8.42 Å². The summed E-state index contributed by atoms with van der Waals surface area (Å²) in [6.07, 6.45) is 6.10. The highest BCUT2D eigenvalue weighted by Crippen LogP contribution is 2.37. The lowest BCUT2D eigenvalue weighted by atomic mass is 9.90. The van der Waals surface area contributed by atoms with E-state index in [2.05, 4.69) is 17.1 Å². The Morgan fingerprint density at radius 2 is 1.86 bits per heavy atom. The summed E-state index contributed by atoms with van der Waals surface area (Å²) in [7, 11) is -3.03. The van der Waals surface area contributed by atoms with Gasteiger partial charge in [-0.15, -0.1) is 0 Å². The van der Waals surface area contributed by atoms with Crippen molar-refractivity contribution in [2.75, 3.05) is 25.4 Å². The van der Waals surface area contributed by atoms with E-state index in [0.717, 1.165) is 19.5 Å². The summed E-state index contributed by atoms with van der Waals surface area (Å²) >= 11 is 0. The molecule has 1 saturated carbocycles. The average Bonchev–Trinajstić information content (AvgIpc) is 2.86. The topological polar surface area (TPSA) is 49.4 Å². The van der Waals surface area contributed by atoms with Gasteiger partial charge in [-0.2, -0.15) is 0 Å². The van der Waals surface area contributed by atoms with Crippen LogP contribution in [-0.2, 0) is 9.84 Å². The van der Waals surface area contributed by atoms with Crippen LogP contribution in [0.25, 0.3) is 0 Å². The van der Waals surface area contributed by atoms with Crippen LogP contribution in [0.4, 0.5) is 0 Å². The molecule has 0 amide bonds. The Kier molecular flexibility index (Phi) is 5.06. The summed E-state index contributed by atoms with van der Waals surface area (Å²) < 4.78 is 24.2. The van der Waals surface area contributed by atoms with Crippen LogP contribution in [0, 0.1) is 0 Å². The van der Waals surface area contributed by atoms with E-state index < -0.39 is 14.6 Å². The zero-order valence-corrected chi connectivity index (χ0v) is 14.9. The summed E-state index contributed by atoms with van der Waals surface area (Å²) in [5.74, 6) is 0.286. The van der Waals surface area contributed by atoms with E-state index in [1.807, 2.05) is 0 Å². The molecule has 1 spiro atoms. The number of hydrogen-bond acceptors (Lipinski definition) is 4. The van der Waals surface area contributed by atoms with Gasteiger partial charge in [0.15, 0.2) is 9.84 Å². The normalized spacial score (nSPS) is 27.3. The third-order valence-electron chi connectivity index (χ3n) is 5.42. The van der Waals surface area contributed by atoms with Gasteiger partial charge in [-0.05, 0) is 40.0 Å². The number of sulfone groups is 1. The molecule has 2 rings (SSSR count). The quantitative estimate of drug-likeness (QED) is 0.864. The molecule has 0 aromatic rings. The van der Waals surface area contributed by atoms with Crippen LogP contribution in [0.5, 0.6) is 0 Å². The van der Waals surface area contributed by atoms with Crippen LogP contribution in [0.3, 0.4) is 0 Å². The smallest absolute Gasteiger partial charge is 0.156 e. The average molecular weight is 317 g/mol. The van der Waals surface area contributed by atoms with Crippen LogP contribution in [0.1, 0.15) is 59.8 Å². The summed E-state index contributed by atoms with van der Waals surface area (Å²) in [6, 6.07) is 0.508. The maximum atomic E-state index is 12.4. The van der Waals surface area contributed by atoms with E-state index >= 15 is 0 Å². The van der Waals surface area contributed by atoms with Gasteiger partial charge in [0.05, 0.1) is 10.5 Å². The van der Waals surface area contributed by atoms with E-state index in [-0.39, 0.29) is 11.3 Å². The van der Waals surface area contributed by atoms with E-state index in [1.165, 1.54) is 25.7 Å². The largest absolute Gasteiger partial charge is 0.311 e. The van der Waals surface area contributed by atoms with Crippen molar-refractivity contribution in [3.63, 3.8) is 0 Å². The number of rotatable bonds is 4. The molecule has 124 valence electrons. The Morgan fingerprint density at radius 3 is 2.38 bits per heavy atom. The van der Waals surface area contributed by atoms with E-state index in [1.54, 1.807) is 20.8 Å². The molecule has 2 aliphatic rings. The Morgan fingerprint density at radius 1 is 1.24 bits per heavy atom. The molecule has 0 radical (unpaired) electrons. The van der Waals surface area contributed by atoms with E-state index in [9.17, 15) is 8.42 Å². The Hall–Kier alpha value is -0.130. The first kappa shape index (κ1) is 17.2. The van der Waals surface area contributed by atoms with Gasteiger partial charge in [-0.1, -0.05) is 19.8 Å². The highest BCUT2D eigenvalue weighted by molar-refractivity contribution is 7.92. The SMILES string of the molecule is CCC1CN(CCS(=O)(=O)C(C)(C)C)C2(CCCC2)CN1. The van der Waals surface area contributed by atoms with Crippen LogP contribution < -0.4 is 5.32 Å². The van der Waals surface area contributed by atoms with Crippen molar-refractivity contribution >= 4 is 9.84 Å². The number of hydrogen-bond donors (Lipinski definition) is 1. The van der Waals surface area contributed by atoms with Crippen molar-refractivity contribution in [1.29, 1.82) is 0 Å². The number of nitrogens with zero attached hydrogens (tertiary/aromatic N) is 1. The maximum Gasteiger partial charge on any atom is 0.156 e. The molecule has 1 atom stereocenters. The molecule has 0 bridgehead atoms. The molecule has 1 aliphatic heterocycles. The summed E-state index contributed by atoms with van der Waals surface area (Å²) in [5.41, 5.74) is 0.221. The highest BCUT2D eigenvalue weighted by Gasteiger charge is 2.43. The summed E-state index contributed by atoms with van der Waals surface area (Å²) in [6.45, 7) is 10.3. The summed E-state index contributed by atoms with van der Waals surface area (Å²) in [5, 5.41) is 3.67. The van der Waals surface area contributed by atoms with Crippen molar-refractivity contribution in [3.05, 3.63) is 0 Å². The lowest BCUT2D eigenvalue weighted by Crippen LogP contribution is -2.64. The fourth-order valence-electron chi connectivity index (χ4n) is 3.63. The number of nitrogens with one attached hydrogen (secondary N) is 1. The summed E-state index contributed by atoms with van der Waals surface area (Å²) in [4.78, 5) is 2.49. The molecule has 1 heterocycles. The molecule has 1 aliphatic carbocycles. The monoisotopic (exact) mass is 316 g/mol. The van der Waals surface area contributed by atoms with Gasteiger partial charge in [0.1, 0.15) is 0 Å². The van der Waals surface area contributed by atoms with Gasteiger partial charge in [0, 0.05) is 31.2 Å². The van der Waals surface area contributed by atoms with Crippen LogP contribution in [0.2, 0.25) is 0 Å². The molecule has 1 unspecified atom stereocenters. The van der Waals surface area contributed by atoms with Crippen molar-refractivity contribution in [3.8, 4) is 0 Å². The molecule has 5 heteroatoms. The van der Waals surface area contributed by atoms with Gasteiger partial charge in [-0.25, -0.2) is 8.42 Å². The Labute approximate surface area is 130 Å². The fraction of sp³-hybridized carbons (Fsp3) is 1.00. The van der Waals surface area contributed by atoms with Crippen LogP contribution in [0.15, 0.2) is 0 Å². The molecule has 4 nitrogen and oxygen atoms in total. The second-order valence-electron chi connectivity index (χ2n) is 7.79. The van der Waals surface area contributed by atoms with Gasteiger partial charge < -0.3 is 5.32 Å². The second kappa shape index (κ2) is 6.17. The minimum atomic E-state index is -3.03. The predicted molar refractivity (Wildman–Crippen MR) is 88.4 cm³/mol. The van der Waals surface area contributed by atoms with Crippen LogP contribution in [-0.4, -0.2) is 55.0 Å². The molecule has 21 heavy (non-hydrogen) atoms. The molecular formula is C16H32N2O2S. The van der Waals surface area contributed by atoms with Gasteiger partial charge in [-0.3, -0.25) is 4.90 Å². The van der Waals surface area contributed by atoms with Gasteiger partial charge in [0.2, 0.25) is 0 Å². The third kappa shape index (κ3) is 3.62. The zero-order valence-electron chi connectivity index (χ0n) is 14.1. The molecular weight excluding hydrogens is 284 g/mol. The van der Waals surface area contributed by atoms with Crippen molar-refractivity contribution in [2.24, 2.45) is 0 Å². The number of piperazine rings is 1. The lowest BCUT2D eigenvalue weighted by molar-refractivity contribution is 0.0479. The molecule has 0 aromatic carbocycles. The Bertz CT molecular complexity index is 447. The van der Waals surface area contributed by atoms with Crippen molar-refractivity contribution in [1.82, 2.24) is 10.2 Å². The van der Waals surface area contributed by atoms with Crippen molar-refractivity contribution in [2.45, 2.75) is 76.1 Å². The Balaban J connectivity index is 2.07. The van der Waals surface area contributed by atoms with Gasteiger partial charge in [0.25, 0.3) is 0 Å². The van der Waals surface area contributed by atoms with E-state index in [4.69, 9.17) is 0 Å². The molecule has 0 aromatic heterocycles. The first-order valence-corrected chi connectivity index (χ1v) is 10.1. The minimum absolute atomic E-state index is 0.221. The second-order valence-corrected chi connectivity index (χ2v) is 10.7. The standard InChI is InChI=1S/C16H32N2O2S/c1-5-14-12-18(10-11-21(19,20)15(2,3)4)16(13-17-14)8-6-7-9-16/h14,17H,5-13H2,1-4H3. The molecule has 1 N–H and O–H groups in total. The van der Waals surface area contributed by atoms with Crippen LogP contribution >= 0.6 is 0 Å². The first-order chi connectivity index (χ1) is 9.70. The molecule has 1 saturated heterocycles.